The number of carbonyl (C=O) groups is 2. The zero-order valence-electron chi connectivity index (χ0n) is 22.8. The second-order valence-electron chi connectivity index (χ2n) is 11.7. The number of ketones is 1. The number of hydrogen-bond acceptors (Lipinski definition) is 5. The largest absolute Gasteiger partial charge is 0.460 e. The molecule has 0 aliphatic carbocycles. The molecule has 2 unspecified atom stereocenters. The minimum absolute atomic E-state index is 0.0676. The molecule has 35 heavy (non-hydrogen) atoms. The fourth-order valence-electron chi connectivity index (χ4n) is 7.10. The summed E-state index contributed by atoms with van der Waals surface area (Å²) in [5.41, 5.74) is 2.32. The van der Waals surface area contributed by atoms with Crippen LogP contribution in [0, 0.1) is 0 Å². The molecule has 5 nitrogen and oxygen atoms in total. The van der Waals surface area contributed by atoms with Gasteiger partial charge in [0.05, 0.1) is 5.56 Å². The Hall–Kier alpha value is -1.50. The summed E-state index contributed by atoms with van der Waals surface area (Å²) in [5, 5.41) is 0. The Labute approximate surface area is 214 Å². The van der Waals surface area contributed by atoms with Crippen LogP contribution in [0.4, 0.5) is 0 Å². The van der Waals surface area contributed by atoms with Crippen LogP contribution in [-0.2, 0) is 14.0 Å². The second-order valence-corrected chi connectivity index (χ2v) is 17.1. The summed E-state index contributed by atoms with van der Waals surface area (Å²) >= 11 is 0. The molecule has 3 rings (SSSR count). The molecule has 2 saturated heterocycles. The van der Waals surface area contributed by atoms with Crippen LogP contribution in [0.25, 0.3) is 0 Å². The Balaban J connectivity index is 1.55. The van der Waals surface area contributed by atoms with Gasteiger partial charge in [-0.1, -0.05) is 59.7 Å². The zero-order chi connectivity index (χ0) is 25.6. The van der Waals surface area contributed by atoms with Crippen molar-refractivity contribution in [1.82, 2.24) is 4.90 Å². The third-order valence-electron chi connectivity index (χ3n) is 8.66. The molecular formula is C29H47NO4Si. The van der Waals surface area contributed by atoms with E-state index in [0.29, 0.717) is 47.4 Å². The van der Waals surface area contributed by atoms with E-state index in [0.717, 1.165) is 45.3 Å². The Morgan fingerprint density at radius 3 is 2.34 bits per heavy atom. The number of ether oxygens (including phenoxy) is 1. The van der Waals surface area contributed by atoms with Crippen LogP contribution < -0.4 is 0 Å². The van der Waals surface area contributed by atoms with E-state index < -0.39 is 8.32 Å². The van der Waals surface area contributed by atoms with Crippen LogP contribution in [-0.4, -0.2) is 56.3 Å². The minimum Gasteiger partial charge on any atom is -0.460 e. The van der Waals surface area contributed by atoms with E-state index in [1.165, 1.54) is 0 Å². The van der Waals surface area contributed by atoms with Gasteiger partial charge in [0.2, 0.25) is 0 Å². The molecule has 1 aromatic rings. The first-order valence-corrected chi connectivity index (χ1v) is 15.9. The van der Waals surface area contributed by atoms with Gasteiger partial charge in [0, 0.05) is 37.6 Å². The van der Waals surface area contributed by atoms with Crippen molar-refractivity contribution in [1.29, 1.82) is 0 Å². The van der Waals surface area contributed by atoms with E-state index in [1.807, 2.05) is 18.2 Å². The lowest BCUT2D eigenvalue weighted by Gasteiger charge is -2.44. The smallest absolute Gasteiger partial charge is 0.338 e. The third kappa shape index (κ3) is 6.26. The topological polar surface area (TPSA) is 55.8 Å². The monoisotopic (exact) mass is 501 g/mol. The van der Waals surface area contributed by atoms with Crippen LogP contribution >= 0.6 is 0 Å². The number of esters is 1. The SMILES string of the molecule is CC(C)[Si](OCCCCC12CCC(COC(=O)c3ccccc3)N1CCC(=O)C2)(C(C)C)C(C)C. The standard InChI is InChI=1S/C29H47NO4Si/c1-22(2)35(23(3)4,24(5)6)34-19-11-10-16-29-17-14-26(30(29)18-15-27(31)20-29)21-33-28(32)25-12-8-7-9-13-25/h7-9,12-13,22-24,26H,10-11,14-21H2,1-6H3. The summed E-state index contributed by atoms with van der Waals surface area (Å²) < 4.78 is 12.5. The van der Waals surface area contributed by atoms with Crippen molar-refractivity contribution in [3.8, 4) is 0 Å². The lowest BCUT2D eigenvalue weighted by Crippen LogP contribution is -2.54. The van der Waals surface area contributed by atoms with Gasteiger partial charge in [0.1, 0.15) is 12.4 Å². The van der Waals surface area contributed by atoms with E-state index in [2.05, 4.69) is 46.4 Å². The molecule has 6 heteroatoms. The van der Waals surface area contributed by atoms with E-state index in [1.54, 1.807) is 12.1 Å². The maximum absolute atomic E-state index is 12.5. The normalized spacial score (nSPS) is 23.3. The van der Waals surface area contributed by atoms with Crippen molar-refractivity contribution in [2.75, 3.05) is 19.8 Å². The Morgan fingerprint density at radius 1 is 1.06 bits per heavy atom. The Bertz CT molecular complexity index is 819. The summed E-state index contributed by atoms with van der Waals surface area (Å²) in [6, 6.07) is 9.39. The van der Waals surface area contributed by atoms with Crippen molar-refractivity contribution >= 4 is 20.1 Å². The zero-order valence-corrected chi connectivity index (χ0v) is 23.8. The van der Waals surface area contributed by atoms with E-state index in [-0.39, 0.29) is 17.6 Å². The average Bonchev–Trinajstić information content (AvgIpc) is 3.17. The first-order chi connectivity index (χ1) is 16.6. The number of rotatable bonds is 12. The summed E-state index contributed by atoms with van der Waals surface area (Å²) in [5.74, 6) is 0.117. The Morgan fingerprint density at radius 2 is 1.71 bits per heavy atom. The van der Waals surface area contributed by atoms with Crippen LogP contribution in [0.5, 0.6) is 0 Å². The van der Waals surface area contributed by atoms with Gasteiger partial charge >= 0.3 is 5.97 Å². The number of Topliss-reactive ketones (excluding diaryl/α,β-unsaturated/α-hetero) is 1. The van der Waals surface area contributed by atoms with Gasteiger partial charge in [-0.2, -0.15) is 0 Å². The highest BCUT2D eigenvalue weighted by molar-refractivity contribution is 6.77. The second kappa shape index (κ2) is 12.2. The number of benzene rings is 1. The number of nitrogens with zero attached hydrogens (tertiary/aromatic N) is 1. The van der Waals surface area contributed by atoms with Crippen LogP contribution in [0.2, 0.25) is 16.6 Å². The van der Waals surface area contributed by atoms with Crippen LogP contribution in [0.3, 0.4) is 0 Å². The summed E-state index contributed by atoms with van der Waals surface area (Å²) in [6.07, 6.45) is 6.37. The number of piperidine rings is 1. The average molecular weight is 502 g/mol. The molecule has 1 aromatic carbocycles. The molecule has 2 fully saturated rings. The van der Waals surface area contributed by atoms with Gasteiger partial charge < -0.3 is 9.16 Å². The van der Waals surface area contributed by atoms with Gasteiger partial charge in [-0.15, -0.1) is 0 Å². The molecule has 2 atom stereocenters. The third-order valence-corrected chi connectivity index (χ3v) is 14.8. The van der Waals surface area contributed by atoms with Gasteiger partial charge in [0.15, 0.2) is 8.32 Å². The molecular weight excluding hydrogens is 454 g/mol. The highest BCUT2D eigenvalue weighted by Crippen LogP contribution is 2.44. The predicted octanol–water partition coefficient (Wildman–Crippen LogP) is 6.77. The number of fused-ring (bicyclic) bond motifs is 1. The van der Waals surface area contributed by atoms with E-state index >= 15 is 0 Å². The molecule has 0 spiro atoms. The van der Waals surface area contributed by atoms with E-state index in [4.69, 9.17) is 9.16 Å². The molecule has 2 aliphatic heterocycles. The molecule has 0 amide bonds. The number of hydrogen-bond donors (Lipinski definition) is 0. The fraction of sp³-hybridized carbons (Fsp3) is 0.724. The molecule has 2 heterocycles. The number of unbranched alkanes of at least 4 members (excludes halogenated alkanes) is 1. The fourth-order valence-corrected chi connectivity index (χ4v) is 12.6. The molecule has 0 saturated carbocycles. The van der Waals surface area contributed by atoms with Crippen LogP contribution in [0.15, 0.2) is 30.3 Å². The predicted molar refractivity (Wildman–Crippen MR) is 144 cm³/mol. The van der Waals surface area contributed by atoms with Gasteiger partial charge in [-0.05, 0) is 60.9 Å². The molecule has 0 bridgehead atoms. The van der Waals surface area contributed by atoms with Crippen molar-refractivity contribution in [2.45, 2.75) is 115 Å². The first-order valence-electron chi connectivity index (χ1n) is 13.8. The van der Waals surface area contributed by atoms with Gasteiger partial charge in [-0.3, -0.25) is 9.69 Å². The maximum atomic E-state index is 12.5. The van der Waals surface area contributed by atoms with Gasteiger partial charge in [-0.25, -0.2) is 4.79 Å². The molecule has 2 aliphatic rings. The maximum Gasteiger partial charge on any atom is 0.338 e. The quantitative estimate of drug-likeness (QED) is 0.180. The minimum atomic E-state index is -1.83. The summed E-state index contributed by atoms with van der Waals surface area (Å²) in [7, 11) is -1.83. The van der Waals surface area contributed by atoms with Gasteiger partial charge in [0.25, 0.3) is 0 Å². The van der Waals surface area contributed by atoms with Crippen molar-refractivity contribution in [2.24, 2.45) is 0 Å². The molecule has 0 radical (unpaired) electrons. The van der Waals surface area contributed by atoms with Crippen LogP contribution in [0.1, 0.15) is 96.8 Å². The van der Waals surface area contributed by atoms with Crippen molar-refractivity contribution < 1.29 is 18.8 Å². The van der Waals surface area contributed by atoms with Crippen molar-refractivity contribution in [3.05, 3.63) is 35.9 Å². The van der Waals surface area contributed by atoms with Crippen molar-refractivity contribution in [3.63, 3.8) is 0 Å². The number of carbonyl (C=O) groups excluding carboxylic acids is 2. The highest BCUT2D eigenvalue weighted by atomic mass is 28.4. The summed E-state index contributed by atoms with van der Waals surface area (Å²) in [4.78, 5) is 27.4. The summed E-state index contributed by atoms with van der Waals surface area (Å²) in [6.45, 7) is 16.0. The first kappa shape index (κ1) is 28.1. The lowest BCUT2D eigenvalue weighted by molar-refractivity contribution is -0.127. The molecule has 0 aromatic heterocycles. The molecule has 196 valence electrons. The molecule has 0 N–H and O–H groups in total. The van der Waals surface area contributed by atoms with E-state index in [9.17, 15) is 9.59 Å². The lowest BCUT2D eigenvalue weighted by atomic mass is 9.81. The Kier molecular flexibility index (Phi) is 9.75. The highest BCUT2D eigenvalue weighted by Gasteiger charge is 2.49.